The highest BCUT2D eigenvalue weighted by molar-refractivity contribution is 9.11. The SMILES string of the molecule is O=C(Nc1ccccc1C(=O)NN=Cc1cc(Br)cc(Br)c1O)c1ccc(F)cc1. The lowest BCUT2D eigenvalue weighted by molar-refractivity contribution is 0.0956. The molecule has 3 aromatic rings. The lowest BCUT2D eigenvalue weighted by atomic mass is 10.1. The molecule has 0 atom stereocenters. The van der Waals surface area contributed by atoms with Crippen LogP contribution in [0.25, 0.3) is 0 Å². The van der Waals surface area contributed by atoms with Gasteiger partial charge in [0.1, 0.15) is 11.6 Å². The van der Waals surface area contributed by atoms with Crippen LogP contribution < -0.4 is 10.7 Å². The zero-order valence-electron chi connectivity index (χ0n) is 15.2. The Labute approximate surface area is 188 Å². The molecule has 2 amide bonds. The second-order valence-electron chi connectivity index (χ2n) is 6.03. The second kappa shape index (κ2) is 9.64. The van der Waals surface area contributed by atoms with Crippen molar-refractivity contribution < 1.29 is 19.1 Å². The average molecular weight is 535 g/mol. The van der Waals surface area contributed by atoms with E-state index in [2.05, 4.69) is 47.7 Å². The first kappa shape index (κ1) is 21.7. The number of amides is 2. The quantitative estimate of drug-likeness (QED) is 0.315. The molecular formula is C21H14Br2FN3O3. The molecule has 0 aliphatic heterocycles. The number of para-hydroxylation sites is 1. The summed E-state index contributed by atoms with van der Waals surface area (Å²) in [7, 11) is 0. The molecule has 152 valence electrons. The van der Waals surface area contributed by atoms with Gasteiger partial charge in [0.15, 0.2) is 0 Å². The number of phenols is 1. The zero-order chi connectivity index (χ0) is 21.7. The van der Waals surface area contributed by atoms with Crippen molar-refractivity contribution in [3.8, 4) is 5.75 Å². The van der Waals surface area contributed by atoms with E-state index in [1.54, 1.807) is 30.3 Å². The van der Waals surface area contributed by atoms with Crippen molar-refractivity contribution in [3.63, 3.8) is 0 Å². The molecule has 3 rings (SSSR count). The first-order valence-electron chi connectivity index (χ1n) is 8.52. The first-order valence-corrected chi connectivity index (χ1v) is 10.1. The summed E-state index contributed by atoms with van der Waals surface area (Å²) in [6.07, 6.45) is 1.29. The van der Waals surface area contributed by atoms with Gasteiger partial charge in [-0.3, -0.25) is 9.59 Å². The highest BCUT2D eigenvalue weighted by Gasteiger charge is 2.14. The zero-order valence-corrected chi connectivity index (χ0v) is 18.4. The van der Waals surface area contributed by atoms with Crippen LogP contribution in [0.4, 0.5) is 10.1 Å². The summed E-state index contributed by atoms with van der Waals surface area (Å²) in [5, 5.41) is 16.5. The summed E-state index contributed by atoms with van der Waals surface area (Å²) in [6.45, 7) is 0. The Morgan fingerprint density at radius 2 is 1.70 bits per heavy atom. The number of nitrogens with one attached hydrogen (secondary N) is 2. The molecule has 0 radical (unpaired) electrons. The number of nitrogens with zero attached hydrogens (tertiary/aromatic N) is 1. The fourth-order valence-electron chi connectivity index (χ4n) is 2.49. The van der Waals surface area contributed by atoms with Crippen molar-refractivity contribution in [1.82, 2.24) is 5.43 Å². The molecule has 0 aliphatic carbocycles. The monoisotopic (exact) mass is 533 g/mol. The summed E-state index contributed by atoms with van der Waals surface area (Å²) in [4.78, 5) is 24.9. The Morgan fingerprint density at radius 1 is 1.00 bits per heavy atom. The Morgan fingerprint density at radius 3 is 2.43 bits per heavy atom. The minimum absolute atomic E-state index is 0.0249. The van der Waals surface area contributed by atoms with E-state index in [0.29, 0.717) is 14.5 Å². The van der Waals surface area contributed by atoms with Gasteiger partial charge in [0, 0.05) is 15.6 Å². The van der Waals surface area contributed by atoms with Crippen LogP contribution in [0.1, 0.15) is 26.3 Å². The molecule has 3 aromatic carbocycles. The van der Waals surface area contributed by atoms with E-state index in [0.717, 1.165) is 0 Å². The van der Waals surface area contributed by atoms with Crippen molar-refractivity contribution >= 4 is 55.6 Å². The molecule has 0 unspecified atom stereocenters. The Balaban J connectivity index is 1.74. The van der Waals surface area contributed by atoms with Crippen LogP contribution >= 0.6 is 31.9 Å². The van der Waals surface area contributed by atoms with Gasteiger partial charge in [0.2, 0.25) is 0 Å². The third-order valence-corrected chi connectivity index (χ3v) is 5.02. The minimum atomic E-state index is -0.560. The van der Waals surface area contributed by atoms with Crippen LogP contribution in [-0.2, 0) is 0 Å². The largest absolute Gasteiger partial charge is 0.506 e. The molecule has 3 N–H and O–H groups in total. The lowest BCUT2D eigenvalue weighted by Gasteiger charge is -2.10. The third-order valence-electron chi connectivity index (χ3n) is 3.95. The summed E-state index contributed by atoms with van der Waals surface area (Å²) >= 11 is 6.53. The van der Waals surface area contributed by atoms with E-state index >= 15 is 0 Å². The lowest BCUT2D eigenvalue weighted by Crippen LogP contribution is -2.21. The molecule has 0 bridgehead atoms. The molecule has 0 spiro atoms. The van der Waals surface area contributed by atoms with Gasteiger partial charge in [-0.2, -0.15) is 5.10 Å². The predicted octanol–water partition coefficient (Wildman–Crippen LogP) is 5.07. The second-order valence-corrected chi connectivity index (χ2v) is 7.80. The standard InChI is InChI=1S/C21H14Br2FN3O3/c22-14-9-13(19(28)17(23)10-14)11-25-27-21(30)16-3-1-2-4-18(16)26-20(29)12-5-7-15(24)8-6-12/h1-11,28H,(H,26,29)(H,27,30). The molecule has 0 saturated heterocycles. The predicted molar refractivity (Wildman–Crippen MR) is 119 cm³/mol. The van der Waals surface area contributed by atoms with Gasteiger partial charge < -0.3 is 10.4 Å². The van der Waals surface area contributed by atoms with Gasteiger partial charge in [-0.1, -0.05) is 28.1 Å². The van der Waals surface area contributed by atoms with Crippen LogP contribution in [0.2, 0.25) is 0 Å². The molecule has 6 nitrogen and oxygen atoms in total. The van der Waals surface area contributed by atoms with Crippen molar-refractivity contribution in [2.75, 3.05) is 5.32 Å². The van der Waals surface area contributed by atoms with Gasteiger partial charge >= 0.3 is 0 Å². The molecule has 30 heavy (non-hydrogen) atoms. The number of carbonyl (C=O) groups excluding carboxylic acids is 2. The van der Waals surface area contributed by atoms with Crippen LogP contribution in [-0.4, -0.2) is 23.1 Å². The smallest absolute Gasteiger partial charge is 0.273 e. The number of benzene rings is 3. The number of aromatic hydroxyl groups is 1. The number of carbonyl (C=O) groups is 2. The molecule has 0 aliphatic rings. The number of anilines is 1. The number of hydrogen-bond donors (Lipinski definition) is 3. The minimum Gasteiger partial charge on any atom is -0.506 e. The highest BCUT2D eigenvalue weighted by atomic mass is 79.9. The normalized spacial score (nSPS) is 10.8. The summed E-state index contributed by atoms with van der Waals surface area (Å²) in [5.41, 5.74) is 3.45. The van der Waals surface area contributed by atoms with Crippen molar-refractivity contribution in [3.05, 3.63) is 92.1 Å². The Hall–Kier alpha value is -3.04. The van der Waals surface area contributed by atoms with E-state index in [9.17, 15) is 19.1 Å². The highest BCUT2D eigenvalue weighted by Crippen LogP contribution is 2.30. The van der Waals surface area contributed by atoms with Gasteiger partial charge in [-0.25, -0.2) is 9.82 Å². The number of rotatable bonds is 5. The van der Waals surface area contributed by atoms with E-state index in [1.165, 1.54) is 36.5 Å². The van der Waals surface area contributed by atoms with Crippen LogP contribution in [0.3, 0.4) is 0 Å². The van der Waals surface area contributed by atoms with Gasteiger partial charge in [0.05, 0.1) is 21.9 Å². The van der Waals surface area contributed by atoms with Gasteiger partial charge in [0.25, 0.3) is 11.8 Å². The van der Waals surface area contributed by atoms with E-state index in [4.69, 9.17) is 0 Å². The van der Waals surface area contributed by atoms with E-state index in [1.807, 2.05) is 0 Å². The maximum Gasteiger partial charge on any atom is 0.273 e. The number of phenolic OH excluding ortho intramolecular Hbond substituents is 1. The van der Waals surface area contributed by atoms with E-state index < -0.39 is 17.6 Å². The van der Waals surface area contributed by atoms with Crippen molar-refractivity contribution in [2.24, 2.45) is 5.10 Å². The van der Waals surface area contributed by atoms with Gasteiger partial charge in [-0.15, -0.1) is 0 Å². The molecule has 0 heterocycles. The molecule has 9 heteroatoms. The summed E-state index contributed by atoms with van der Waals surface area (Å²) in [6, 6.07) is 14.8. The van der Waals surface area contributed by atoms with Crippen LogP contribution in [0, 0.1) is 5.82 Å². The fourth-order valence-corrected chi connectivity index (χ4v) is 3.75. The maximum atomic E-state index is 13.0. The van der Waals surface area contributed by atoms with Crippen molar-refractivity contribution in [2.45, 2.75) is 0 Å². The molecular weight excluding hydrogens is 521 g/mol. The first-order chi connectivity index (χ1) is 14.3. The Bertz CT molecular complexity index is 1130. The fraction of sp³-hybridized carbons (Fsp3) is 0. The average Bonchev–Trinajstić information content (AvgIpc) is 2.72. The van der Waals surface area contributed by atoms with Gasteiger partial charge in [-0.05, 0) is 64.5 Å². The van der Waals surface area contributed by atoms with Crippen LogP contribution in [0.15, 0.2) is 74.7 Å². The Kier molecular flexibility index (Phi) is 6.96. The number of hydrogen-bond acceptors (Lipinski definition) is 4. The molecule has 0 aromatic heterocycles. The van der Waals surface area contributed by atoms with Crippen LogP contribution in [0.5, 0.6) is 5.75 Å². The maximum absolute atomic E-state index is 13.0. The molecule has 0 fully saturated rings. The topological polar surface area (TPSA) is 90.8 Å². The summed E-state index contributed by atoms with van der Waals surface area (Å²) < 4.78 is 14.2. The summed E-state index contributed by atoms with van der Waals surface area (Å²) in [5.74, 6) is -1.52. The molecule has 0 saturated carbocycles. The number of hydrazone groups is 1. The third kappa shape index (κ3) is 5.31. The van der Waals surface area contributed by atoms with Crippen molar-refractivity contribution in [1.29, 1.82) is 0 Å². The number of halogens is 3. The van der Waals surface area contributed by atoms with E-state index in [-0.39, 0.29) is 22.6 Å².